The summed E-state index contributed by atoms with van der Waals surface area (Å²) < 4.78 is 2.87. The molecule has 0 radical (unpaired) electrons. The van der Waals surface area contributed by atoms with Crippen molar-refractivity contribution in [1.29, 1.82) is 0 Å². The second kappa shape index (κ2) is 6.87. The third-order valence-corrected chi connectivity index (χ3v) is 5.32. The van der Waals surface area contributed by atoms with Gasteiger partial charge in [-0.1, -0.05) is 31.2 Å². The number of aromatic nitrogens is 2. The van der Waals surface area contributed by atoms with E-state index in [9.17, 15) is 4.79 Å². The molecule has 1 aliphatic rings. The molecule has 122 valence electrons. The van der Waals surface area contributed by atoms with Gasteiger partial charge in [-0.3, -0.25) is 4.79 Å². The highest BCUT2D eigenvalue weighted by Gasteiger charge is 2.24. The summed E-state index contributed by atoms with van der Waals surface area (Å²) in [5.74, 6) is 0.229. The van der Waals surface area contributed by atoms with E-state index in [2.05, 4.69) is 52.1 Å². The molecule has 0 unspecified atom stereocenters. The molecule has 1 amide bonds. The standard InChI is InChI=1S/C18H22BrN3O/c1-3-13-4-6-14(7-5-13)8-9-17(23)22-11-10-15-16(12-22)21(2)18(19)20-15/h4-7H,3,8-12H2,1-2H3. The molecule has 0 aliphatic carbocycles. The van der Waals surface area contributed by atoms with E-state index in [1.165, 1.54) is 11.1 Å². The van der Waals surface area contributed by atoms with Gasteiger partial charge in [-0.2, -0.15) is 0 Å². The Hall–Kier alpha value is -1.62. The fourth-order valence-corrected chi connectivity index (χ4v) is 3.45. The first-order chi connectivity index (χ1) is 11.1. The molecule has 2 heterocycles. The summed E-state index contributed by atoms with van der Waals surface area (Å²) >= 11 is 3.45. The molecule has 1 aliphatic heterocycles. The monoisotopic (exact) mass is 375 g/mol. The number of imidazole rings is 1. The Bertz CT molecular complexity index is 706. The SMILES string of the molecule is CCc1ccc(CCC(=O)N2CCc3nc(Br)n(C)c3C2)cc1. The van der Waals surface area contributed by atoms with Gasteiger partial charge in [0.1, 0.15) is 0 Å². The summed E-state index contributed by atoms with van der Waals surface area (Å²) in [6.07, 6.45) is 3.27. The molecular weight excluding hydrogens is 354 g/mol. The first kappa shape index (κ1) is 16.2. The molecule has 0 N–H and O–H groups in total. The molecule has 2 aromatic rings. The minimum absolute atomic E-state index is 0.229. The van der Waals surface area contributed by atoms with Crippen LogP contribution in [0.5, 0.6) is 0 Å². The molecule has 0 saturated carbocycles. The largest absolute Gasteiger partial charge is 0.336 e. The minimum Gasteiger partial charge on any atom is -0.336 e. The van der Waals surface area contributed by atoms with E-state index in [1.54, 1.807) is 0 Å². The topological polar surface area (TPSA) is 38.1 Å². The number of hydrogen-bond donors (Lipinski definition) is 0. The third kappa shape index (κ3) is 3.50. The molecule has 23 heavy (non-hydrogen) atoms. The molecule has 4 nitrogen and oxygen atoms in total. The van der Waals surface area contributed by atoms with Crippen LogP contribution >= 0.6 is 15.9 Å². The number of benzene rings is 1. The Kier molecular flexibility index (Phi) is 4.85. The highest BCUT2D eigenvalue weighted by atomic mass is 79.9. The van der Waals surface area contributed by atoms with Crippen LogP contribution in [0.2, 0.25) is 0 Å². The Labute approximate surface area is 145 Å². The lowest BCUT2D eigenvalue weighted by Gasteiger charge is -2.27. The number of carbonyl (C=O) groups excluding carboxylic acids is 1. The van der Waals surface area contributed by atoms with Crippen LogP contribution in [0.15, 0.2) is 29.0 Å². The smallest absolute Gasteiger partial charge is 0.223 e. The molecule has 0 fully saturated rings. The number of carbonyl (C=O) groups is 1. The summed E-state index contributed by atoms with van der Waals surface area (Å²) in [5.41, 5.74) is 4.82. The van der Waals surface area contributed by atoms with E-state index in [-0.39, 0.29) is 5.91 Å². The predicted octanol–water partition coefficient (Wildman–Crippen LogP) is 3.26. The second-order valence-electron chi connectivity index (χ2n) is 6.07. The summed E-state index contributed by atoms with van der Waals surface area (Å²) in [4.78, 5) is 19.0. The Morgan fingerprint density at radius 3 is 2.65 bits per heavy atom. The Balaban J connectivity index is 1.59. The predicted molar refractivity (Wildman–Crippen MR) is 94.2 cm³/mol. The Morgan fingerprint density at radius 1 is 1.26 bits per heavy atom. The van der Waals surface area contributed by atoms with Crippen molar-refractivity contribution in [2.75, 3.05) is 6.54 Å². The maximum Gasteiger partial charge on any atom is 0.223 e. The summed E-state index contributed by atoms with van der Waals surface area (Å²) in [7, 11) is 1.99. The van der Waals surface area contributed by atoms with E-state index in [4.69, 9.17) is 0 Å². The van der Waals surface area contributed by atoms with Crippen molar-refractivity contribution in [3.63, 3.8) is 0 Å². The zero-order valence-corrected chi connectivity index (χ0v) is 15.3. The van der Waals surface area contributed by atoms with E-state index in [0.717, 1.165) is 41.9 Å². The number of amides is 1. The van der Waals surface area contributed by atoms with Crippen molar-refractivity contribution >= 4 is 21.8 Å². The van der Waals surface area contributed by atoms with E-state index in [1.807, 2.05) is 16.5 Å². The average Bonchev–Trinajstić information content (AvgIpc) is 2.87. The van der Waals surface area contributed by atoms with Gasteiger partial charge < -0.3 is 9.47 Å². The molecule has 0 bridgehead atoms. The van der Waals surface area contributed by atoms with Gasteiger partial charge in [0, 0.05) is 26.4 Å². The van der Waals surface area contributed by atoms with Gasteiger partial charge in [0.05, 0.1) is 17.9 Å². The molecular formula is C18H22BrN3O. The maximum atomic E-state index is 12.5. The summed E-state index contributed by atoms with van der Waals surface area (Å²) in [6, 6.07) is 8.58. The van der Waals surface area contributed by atoms with E-state index < -0.39 is 0 Å². The van der Waals surface area contributed by atoms with Gasteiger partial charge in [-0.15, -0.1) is 0 Å². The highest BCUT2D eigenvalue weighted by Crippen LogP contribution is 2.22. The average molecular weight is 376 g/mol. The minimum atomic E-state index is 0.229. The van der Waals surface area contributed by atoms with Crippen LogP contribution in [0.25, 0.3) is 0 Å². The van der Waals surface area contributed by atoms with Crippen LogP contribution in [0.3, 0.4) is 0 Å². The van der Waals surface area contributed by atoms with Gasteiger partial charge in [0.25, 0.3) is 0 Å². The zero-order valence-electron chi connectivity index (χ0n) is 13.7. The molecule has 5 heteroatoms. The highest BCUT2D eigenvalue weighted by molar-refractivity contribution is 9.10. The fraction of sp³-hybridized carbons (Fsp3) is 0.444. The lowest BCUT2D eigenvalue weighted by atomic mass is 10.0. The number of hydrogen-bond acceptors (Lipinski definition) is 2. The molecule has 0 saturated heterocycles. The first-order valence-electron chi connectivity index (χ1n) is 8.14. The molecule has 0 spiro atoms. The number of halogens is 1. The molecule has 3 rings (SSSR count). The number of fused-ring (bicyclic) bond motifs is 1. The fourth-order valence-electron chi connectivity index (χ4n) is 3.02. The van der Waals surface area contributed by atoms with Crippen molar-refractivity contribution in [2.24, 2.45) is 7.05 Å². The van der Waals surface area contributed by atoms with Crippen molar-refractivity contribution < 1.29 is 4.79 Å². The quantitative estimate of drug-likeness (QED) is 0.822. The first-order valence-corrected chi connectivity index (χ1v) is 8.93. The van der Waals surface area contributed by atoms with Crippen molar-refractivity contribution in [3.8, 4) is 0 Å². The van der Waals surface area contributed by atoms with Crippen LogP contribution < -0.4 is 0 Å². The normalized spacial score (nSPS) is 14.0. The zero-order chi connectivity index (χ0) is 16.4. The van der Waals surface area contributed by atoms with Crippen LogP contribution in [0.1, 0.15) is 35.9 Å². The van der Waals surface area contributed by atoms with E-state index >= 15 is 0 Å². The van der Waals surface area contributed by atoms with Crippen molar-refractivity contribution in [2.45, 2.75) is 39.2 Å². The third-order valence-electron chi connectivity index (χ3n) is 4.61. The summed E-state index contributed by atoms with van der Waals surface area (Å²) in [6.45, 7) is 3.59. The Morgan fingerprint density at radius 2 is 1.96 bits per heavy atom. The van der Waals surface area contributed by atoms with E-state index in [0.29, 0.717) is 13.0 Å². The lowest BCUT2D eigenvalue weighted by Crippen LogP contribution is -2.36. The molecule has 0 atom stereocenters. The van der Waals surface area contributed by atoms with Crippen LogP contribution in [0, 0.1) is 0 Å². The van der Waals surface area contributed by atoms with Gasteiger partial charge in [0.15, 0.2) is 4.73 Å². The van der Waals surface area contributed by atoms with Gasteiger partial charge in [0.2, 0.25) is 5.91 Å². The van der Waals surface area contributed by atoms with Crippen molar-refractivity contribution in [1.82, 2.24) is 14.5 Å². The number of nitrogens with zero attached hydrogens (tertiary/aromatic N) is 3. The van der Waals surface area contributed by atoms with Crippen LogP contribution in [-0.4, -0.2) is 26.9 Å². The van der Waals surface area contributed by atoms with Gasteiger partial charge in [-0.05, 0) is 39.9 Å². The number of rotatable bonds is 4. The van der Waals surface area contributed by atoms with Crippen LogP contribution in [-0.2, 0) is 37.6 Å². The summed E-state index contributed by atoms with van der Waals surface area (Å²) in [5, 5.41) is 0. The second-order valence-corrected chi connectivity index (χ2v) is 6.78. The van der Waals surface area contributed by atoms with Gasteiger partial charge in [-0.25, -0.2) is 4.98 Å². The number of aryl methyl sites for hydroxylation is 2. The molecule has 1 aromatic heterocycles. The maximum absolute atomic E-state index is 12.5. The van der Waals surface area contributed by atoms with Crippen molar-refractivity contribution in [3.05, 3.63) is 51.5 Å². The lowest BCUT2D eigenvalue weighted by molar-refractivity contribution is -0.132. The van der Waals surface area contributed by atoms with Gasteiger partial charge >= 0.3 is 0 Å². The van der Waals surface area contributed by atoms with Crippen LogP contribution in [0.4, 0.5) is 0 Å². The molecule has 1 aromatic carbocycles.